The Labute approximate surface area is 220 Å². The fourth-order valence-corrected chi connectivity index (χ4v) is 6.29. The predicted octanol–water partition coefficient (Wildman–Crippen LogP) is 4.24. The zero-order valence-electron chi connectivity index (χ0n) is 22.1. The Bertz CT molecular complexity index is 1050. The largest absolute Gasteiger partial charge is 0.385 e. The molecule has 8 heteroatoms. The van der Waals surface area contributed by atoms with Crippen LogP contribution in [-0.2, 0) is 9.53 Å². The molecule has 0 spiro atoms. The molecule has 0 bridgehead atoms. The van der Waals surface area contributed by atoms with E-state index in [0.29, 0.717) is 26.1 Å². The van der Waals surface area contributed by atoms with Crippen LogP contribution in [-0.4, -0.2) is 66.8 Å². The van der Waals surface area contributed by atoms with Gasteiger partial charge in [-0.3, -0.25) is 4.79 Å². The average Bonchev–Trinajstić information content (AvgIpc) is 3.66. The fourth-order valence-electron chi connectivity index (χ4n) is 6.29. The number of methoxy groups -OCH3 is 1. The van der Waals surface area contributed by atoms with Crippen molar-refractivity contribution in [1.82, 2.24) is 25.8 Å². The number of para-hydroxylation sites is 1. The maximum absolute atomic E-state index is 14.1. The lowest BCUT2D eigenvalue weighted by Gasteiger charge is -2.38. The molecule has 1 aromatic heterocycles. The van der Waals surface area contributed by atoms with Crippen molar-refractivity contribution < 1.29 is 14.3 Å². The highest BCUT2D eigenvalue weighted by molar-refractivity contribution is 5.86. The number of aromatic nitrogens is 1. The van der Waals surface area contributed by atoms with Crippen LogP contribution >= 0.6 is 0 Å². The number of carbonyl (C=O) groups is 2. The van der Waals surface area contributed by atoms with Gasteiger partial charge in [0.25, 0.3) is 0 Å². The Morgan fingerprint density at radius 2 is 1.84 bits per heavy atom. The Kier molecular flexibility index (Phi) is 8.66. The third-order valence-electron chi connectivity index (χ3n) is 8.31. The van der Waals surface area contributed by atoms with Crippen LogP contribution in [0.25, 0.3) is 10.9 Å². The van der Waals surface area contributed by atoms with Gasteiger partial charge in [-0.1, -0.05) is 37.5 Å². The van der Waals surface area contributed by atoms with Crippen LogP contribution in [0.15, 0.2) is 30.5 Å². The molecule has 0 radical (unpaired) electrons. The summed E-state index contributed by atoms with van der Waals surface area (Å²) in [5.74, 6) is 0.0614. The van der Waals surface area contributed by atoms with Gasteiger partial charge in [0.2, 0.25) is 5.91 Å². The van der Waals surface area contributed by atoms with Crippen LogP contribution in [0.1, 0.15) is 75.8 Å². The van der Waals surface area contributed by atoms with E-state index in [4.69, 9.17) is 4.74 Å². The zero-order chi connectivity index (χ0) is 25.6. The SMILES string of the molecule is COCCCC(c1c[nH]c2ccccc12)N(C(=O)[C@@H]1CNC[C@@H](NC(=O)NC2CCCCC2)C1)C1CC1. The second kappa shape index (κ2) is 12.3. The van der Waals surface area contributed by atoms with Gasteiger partial charge in [0.1, 0.15) is 0 Å². The van der Waals surface area contributed by atoms with Crippen molar-refractivity contribution in [1.29, 1.82) is 0 Å². The maximum Gasteiger partial charge on any atom is 0.315 e. The van der Waals surface area contributed by atoms with Crippen LogP contribution < -0.4 is 16.0 Å². The Hall–Kier alpha value is -2.58. The van der Waals surface area contributed by atoms with E-state index in [1.165, 1.54) is 30.2 Å². The maximum atomic E-state index is 14.1. The number of nitrogens with one attached hydrogen (secondary N) is 4. The molecule has 8 nitrogen and oxygen atoms in total. The van der Waals surface area contributed by atoms with Crippen LogP contribution in [0.4, 0.5) is 4.79 Å². The van der Waals surface area contributed by atoms with Crippen molar-refractivity contribution in [3.8, 4) is 0 Å². The number of benzene rings is 1. The molecule has 2 saturated carbocycles. The number of aromatic amines is 1. The van der Waals surface area contributed by atoms with Gasteiger partial charge in [-0.05, 0) is 56.6 Å². The summed E-state index contributed by atoms with van der Waals surface area (Å²) in [5.41, 5.74) is 2.29. The molecule has 202 valence electrons. The molecule has 1 unspecified atom stereocenters. The normalized spacial score (nSPS) is 23.5. The minimum atomic E-state index is -0.149. The van der Waals surface area contributed by atoms with E-state index in [1.54, 1.807) is 7.11 Å². The van der Waals surface area contributed by atoms with E-state index in [2.05, 4.69) is 50.2 Å². The smallest absolute Gasteiger partial charge is 0.315 e. The summed E-state index contributed by atoms with van der Waals surface area (Å²) >= 11 is 0. The lowest BCUT2D eigenvalue weighted by molar-refractivity contribution is -0.140. The number of amides is 3. The van der Waals surface area contributed by atoms with E-state index < -0.39 is 0 Å². The van der Waals surface area contributed by atoms with Crippen molar-refractivity contribution in [2.24, 2.45) is 5.92 Å². The van der Waals surface area contributed by atoms with Gasteiger partial charge in [0.05, 0.1) is 12.0 Å². The molecule has 1 aliphatic heterocycles. The van der Waals surface area contributed by atoms with Crippen molar-refractivity contribution in [3.63, 3.8) is 0 Å². The fraction of sp³-hybridized carbons (Fsp3) is 0.655. The van der Waals surface area contributed by atoms with Crippen LogP contribution in [0.5, 0.6) is 0 Å². The summed E-state index contributed by atoms with van der Waals surface area (Å²) in [6.07, 6.45) is 12.4. The monoisotopic (exact) mass is 509 g/mol. The van der Waals surface area contributed by atoms with Gasteiger partial charge in [-0.15, -0.1) is 0 Å². The Morgan fingerprint density at radius 3 is 2.62 bits per heavy atom. The first kappa shape index (κ1) is 26.0. The molecule has 1 saturated heterocycles. The quantitative estimate of drug-likeness (QED) is 0.360. The van der Waals surface area contributed by atoms with Gasteiger partial charge in [-0.25, -0.2) is 4.79 Å². The zero-order valence-corrected chi connectivity index (χ0v) is 22.1. The average molecular weight is 510 g/mol. The van der Waals surface area contributed by atoms with Crippen molar-refractivity contribution in [3.05, 3.63) is 36.0 Å². The molecular formula is C29H43N5O3. The van der Waals surface area contributed by atoms with E-state index in [0.717, 1.165) is 44.0 Å². The summed E-state index contributed by atoms with van der Waals surface area (Å²) < 4.78 is 5.37. The van der Waals surface area contributed by atoms with E-state index in [9.17, 15) is 9.59 Å². The molecule has 4 N–H and O–H groups in total. The van der Waals surface area contributed by atoms with Gasteiger partial charge in [0.15, 0.2) is 0 Å². The number of ether oxygens (including phenoxy) is 1. The second-order valence-electron chi connectivity index (χ2n) is 11.2. The molecular weight excluding hydrogens is 466 g/mol. The summed E-state index contributed by atoms with van der Waals surface area (Å²) in [7, 11) is 1.73. The molecule has 2 aliphatic carbocycles. The number of piperidine rings is 1. The third-order valence-corrected chi connectivity index (χ3v) is 8.31. The number of hydrogen-bond donors (Lipinski definition) is 4. The van der Waals surface area contributed by atoms with Gasteiger partial charge < -0.3 is 30.6 Å². The molecule has 3 atom stereocenters. The van der Waals surface area contributed by atoms with Crippen molar-refractivity contribution in [2.75, 3.05) is 26.8 Å². The molecule has 3 fully saturated rings. The summed E-state index contributed by atoms with van der Waals surface area (Å²) in [6, 6.07) is 8.77. The van der Waals surface area contributed by atoms with Crippen molar-refractivity contribution >= 4 is 22.8 Å². The molecule has 2 aromatic rings. The second-order valence-corrected chi connectivity index (χ2v) is 11.2. The van der Waals surface area contributed by atoms with Gasteiger partial charge in [0, 0.05) is 62.0 Å². The van der Waals surface area contributed by atoms with Gasteiger partial charge >= 0.3 is 6.03 Å². The number of urea groups is 1. The predicted molar refractivity (Wildman–Crippen MR) is 145 cm³/mol. The highest BCUT2D eigenvalue weighted by atomic mass is 16.5. The highest BCUT2D eigenvalue weighted by Crippen LogP contribution is 2.40. The topological polar surface area (TPSA) is 98.5 Å². The number of H-pyrrole nitrogens is 1. The molecule has 3 amide bonds. The van der Waals surface area contributed by atoms with Crippen LogP contribution in [0.2, 0.25) is 0 Å². The molecule has 2 heterocycles. The third kappa shape index (κ3) is 6.47. The number of hydrogen-bond acceptors (Lipinski definition) is 4. The summed E-state index contributed by atoms with van der Waals surface area (Å²) in [6.45, 7) is 2.03. The molecule has 1 aromatic carbocycles. The number of nitrogens with zero attached hydrogens (tertiary/aromatic N) is 1. The first-order valence-electron chi connectivity index (χ1n) is 14.3. The standard InChI is InChI=1S/C29H43N5O3/c1-37-15-7-12-27(25-19-31-26-11-6-5-10-24(25)26)34(23-13-14-23)28(35)20-16-22(18-30-17-20)33-29(36)32-21-8-3-2-4-9-21/h5-6,10-11,19-23,27,30-31H,2-4,7-9,12-18H2,1H3,(H2,32,33,36)/t20-,22-,27?/m0/s1. The van der Waals surface area contributed by atoms with E-state index >= 15 is 0 Å². The number of rotatable bonds is 10. The van der Waals surface area contributed by atoms with Crippen LogP contribution in [0, 0.1) is 5.92 Å². The van der Waals surface area contributed by atoms with E-state index in [-0.39, 0.29) is 42.0 Å². The first-order valence-corrected chi connectivity index (χ1v) is 14.3. The molecule has 37 heavy (non-hydrogen) atoms. The number of fused-ring (bicyclic) bond motifs is 1. The lowest BCUT2D eigenvalue weighted by atomic mass is 9.91. The van der Waals surface area contributed by atoms with Gasteiger partial charge in [-0.2, -0.15) is 0 Å². The molecule has 3 aliphatic rings. The first-order chi connectivity index (χ1) is 18.1. The Balaban J connectivity index is 1.29. The van der Waals surface area contributed by atoms with Crippen LogP contribution in [0.3, 0.4) is 0 Å². The lowest BCUT2D eigenvalue weighted by Crippen LogP contribution is -2.56. The minimum absolute atomic E-state index is 0.00855. The Morgan fingerprint density at radius 1 is 1.05 bits per heavy atom. The van der Waals surface area contributed by atoms with E-state index in [1.807, 2.05) is 6.07 Å². The van der Waals surface area contributed by atoms with Crippen molar-refractivity contribution in [2.45, 2.75) is 88.4 Å². The molecule has 5 rings (SSSR count). The summed E-state index contributed by atoms with van der Waals surface area (Å²) in [5, 5.41) is 10.9. The summed E-state index contributed by atoms with van der Waals surface area (Å²) in [4.78, 5) is 32.4. The number of carbonyl (C=O) groups excluding carboxylic acids is 2. The minimum Gasteiger partial charge on any atom is -0.385 e. The highest BCUT2D eigenvalue weighted by Gasteiger charge is 2.42.